The molecule has 36 heavy (non-hydrogen) atoms. The predicted octanol–water partition coefficient (Wildman–Crippen LogP) is 9.20. The molecule has 2 saturated carbocycles. The van der Waals surface area contributed by atoms with Crippen molar-refractivity contribution in [2.45, 2.75) is 102 Å². The van der Waals surface area contributed by atoms with Crippen LogP contribution in [-0.2, 0) is 6.42 Å². The fourth-order valence-electron chi connectivity index (χ4n) is 6.80. The average Bonchev–Trinajstić information content (AvgIpc) is 2.89. The molecule has 0 atom stereocenters. The maximum atomic E-state index is 14.0. The number of hydrogen-bond donors (Lipinski definition) is 0. The summed E-state index contributed by atoms with van der Waals surface area (Å²) in [4.78, 5) is 0. The van der Waals surface area contributed by atoms with Gasteiger partial charge in [-0.3, -0.25) is 0 Å². The van der Waals surface area contributed by atoms with Gasteiger partial charge in [0.05, 0.1) is 0 Å². The summed E-state index contributed by atoms with van der Waals surface area (Å²) in [5.74, 6) is 1.79. The van der Waals surface area contributed by atoms with E-state index in [2.05, 4.69) is 23.8 Å². The van der Waals surface area contributed by atoms with Gasteiger partial charge in [-0.15, -0.1) is 0 Å². The van der Waals surface area contributed by atoms with Crippen LogP contribution in [-0.4, -0.2) is 16.1 Å². The van der Waals surface area contributed by atoms with E-state index in [4.69, 9.17) is 0 Å². The van der Waals surface area contributed by atoms with Crippen molar-refractivity contribution in [2.75, 3.05) is 0 Å². The maximum Gasteiger partial charge on any atom is 0.387 e. The first-order valence-corrected chi connectivity index (χ1v) is 16.2. The van der Waals surface area contributed by atoms with Crippen LogP contribution in [0.2, 0.25) is 11.6 Å². The Balaban J connectivity index is 1.14. The Kier molecular flexibility index (Phi) is 10.4. The Morgan fingerprint density at radius 2 is 1.47 bits per heavy atom. The lowest BCUT2D eigenvalue weighted by atomic mass is 9.70. The largest absolute Gasteiger partial charge is 0.432 e. The molecule has 2 fully saturated rings. The van der Waals surface area contributed by atoms with Crippen LogP contribution in [0.15, 0.2) is 42.5 Å². The SMILES string of the molecule is CC[SiH2]C1CCC(C2CCC(CCCCc3ccc(-c4ccc(OC(F)F)c(F)c4)cc3)CC2)CC1. The second kappa shape index (κ2) is 13.7. The fraction of sp³-hybridized carbons (Fsp3) is 0.613. The molecular weight excluding hydrogens is 473 g/mol. The molecule has 0 spiro atoms. The zero-order chi connectivity index (χ0) is 25.3. The van der Waals surface area contributed by atoms with E-state index in [0.29, 0.717) is 5.56 Å². The molecule has 0 unspecified atom stereocenters. The Hall–Kier alpha value is -1.75. The summed E-state index contributed by atoms with van der Waals surface area (Å²) in [6, 6.07) is 13.8. The molecule has 0 aliphatic heterocycles. The minimum absolute atomic E-state index is 0.225. The van der Waals surface area contributed by atoms with Gasteiger partial charge in [0.15, 0.2) is 11.6 Å². The van der Waals surface area contributed by atoms with E-state index in [9.17, 15) is 13.2 Å². The lowest BCUT2D eigenvalue weighted by Crippen LogP contribution is -2.25. The van der Waals surface area contributed by atoms with Crippen LogP contribution in [0.3, 0.4) is 0 Å². The lowest BCUT2D eigenvalue weighted by molar-refractivity contribution is -0.0521. The quantitative estimate of drug-likeness (QED) is 0.214. The van der Waals surface area contributed by atoms with E-state index in [-0.39, 0.29) is 9.52 Å². The van der Waals surface area contributed by atoms with Gasteiger partial charge in [0.1, 0.15) is 0 Å². The van der Waals surface area contributed by atoms with Gasteiger partial charge < -0.3 is 4.74 Å². The molecule has 1 nitrogen and oxygen atoms in total. The number of halogens is 3. The predicted molar refractivity (Wildman–Crippen MR) is 146 cm³/mol. The first-order chi connectivity index (χ1) is 17.5. The third-order valence-electron chi connectivity index (χ3n) is 8.91. The maximum absolute atomic E-state index is 14.0. The Morgan fingerprint density at radius 1 is 0.833 bits per heavy atom. The highest BCUT2D eigenvalue weighted by atomic mass is 28.2. The van der Waals surface area contributed by atoms with Crippen LogP contribution in [0.4, 0.5) is 13.2 Å². The monoisotopic (exact) mass is 516 g/mol. The van der Waals surface area contributed by atoms with Gasteiger partial charge in [-0.05, 0) is 72.3 Å². The zero-order valence-electron chi connectivity index (χ0n) is 21.9. The Morgan fingerprint density at radius 3 is 2.08 bits per heavy atom. The summed E-state index contributed by atoms with van der Waals surface area (Å²) in [7, 11) is 0.225. The topological polar surface area (TPSA) is 9.23 Å². The van der Waals surface area contributed by atoms with E-state index >= 15 is 0 Å². The minimum Gasteiger partial charge on any atom is -0.432 e. The average molecular weight is 517 g/mol. The normalized spacial score (nSPS) is 25.0. The number of ether oxygens (including phenoxy) is 1. The van der Waals surface area contributed by atoms with Gasteiger partial charge in [-0.1, -0.05) is 100 Å². The van der Waals surface area contributed by atoms with Crippen molar-refractivity contribution in [3.8, 4) is 16.9 Å². The number of hydrogen-bond acceptors (Lipinski definition) is 1. The number of rotatable bonds is 11. The zero-order valence-corrected chi connectivity index (χ0v) is 23.3. The van der Waals surface area contributed by atoms with E-state index in [1.54, 1.807) is 18.9 Å². The Labute approximate surface area is 218 Å². The minimum atomic E-state index is -3.03. The number of alkyl halides is 2. The van der Waals surface area contributed by atoms with Gasteiger partial charge in [-0.25, -0.2) is 4.39 Å². The van der Waals surface area contributed by atoms with Crippen molar-refractivity contribution in [1.29, 1.82) is 0 Å². The standard InChI is InChI=1S/C31H43F3OSi/c1-2-36-28-18-15-25(16-19-28)24-11-7-22(8-12-24)5-3-4-6-23-9-13-26(14-10-23)27-17-20-30(29(32)21-27)35-31(33)34/h9-10,13-14,17,20-22,24-25,28,31H,2-8,11-12,15-16,18-19,36H2,1H3. The van der Waals surface area contributed by atoms with Crippen LogP contribution in [0.5, 0.6) is 5.75 Å². The van der Waals surface area contributed by atoms with Gasteiger partial charge in [-0.2, -0.15) is 8.78 Å². The van der Waals surface area contributed by atoms with Crippen molar-refractivity contribution in [3.63, 3.8) is 0 Å². The van der Waals surface area contributed by atoms with Crippen LogP contribution >= 0.6 is 0 Å². The molecule has 0 aromatic heterocycles. The molecule has 2 aliphatic carbocycles. The summed E-state index contributed by atoms with van der Waals surface area (Å²) in [6.45, 7) is -0.638. The number of aryl methyl sites for hydroxylation is 1. The summed E-state index contributed by atoms with van der Waals surface area (Å²) >= 11 is 0. The molecular formula is C31H43F3OSi. The van der Waals surface area contributed by atoms with E-state index in [0.717, 1.165) is 35.3 Å². The smallest absolute Gasteiger partial charge is 0.387 e. The lowest BCUT2D eigenvalue weighted by Gasteiger charge is -2.38. The second-order valence-corrected chi connectivity index (χ2v) is 14.0. The van der Waals surface area contributed by atoms with Gasteiger partial charge in [0.25, 0.3) is 0 Å². The molecule has 0 amide bonds. The highest BCUT2D eigenvalue weighted by Gasteiger charge is 2.30. The van der Waals surface area contributed by atoms with E-state index < -0.39 is 18.2 Å². The summed E-state index contributed by atoms with van der Waals surface area (Å²) in [5.41, 5.74) is 3.98. The molecule has 0 bridgehead atoms. The van der Waals surface area contributed by atoms with Gasteiger partial charge >= 0.3 is 6.61 Å². The second-order valence-electron chi connectivity index (χ2n) is 11.3. The third-order valence-corrected chi connectivity index (χ3v) is 11.1. The molecule has 5 heteroatoms. The molecule has 2 aromatic rings. The highest BCUT2D eigenvalue weighted by molar-refractivity contribution is 6.37. The highest BCUT2D eigenvalue weighted by Crippen LogP contribution is 2.43. The third kappa shape index (κ3) is 7.87. The Bertz CT molecular complexity index is 916. The first kappa shape index (κ1) is 27.3. The van der Waals surface area contributed by atoms with Crippen molar-refractivity contribution < 1.29 is 17.9 Å². The molecule has 198 valence electrons. The van der Waals surface area contributed by atoms with Gasteiger partial charge in [0.2, 0.25) is 0 Å². The van der Waals surface area contributed by atoms with Crippen molar-refractivity contribution >= 4 is 9.52 Å². The summed E-state index contributed by atoms with van der Waals surface area (Å²) in [5, 5.41) is 0. The van der Waals surface area contributed by atoms with Crippen LogP contribution < -0.4 is 4.74 Å². The van der Waals surface area contributed by atoms with Crippen molar-refractivity contribution in [3.05, 3.63) is 53.8 Å². The molecule has 0 radical (unpaired) electrons. The molecule has 2 aliphatic rings. The molecule has 0 saturated heterocycles. The van der Waals surface area contributed by atoms with Crippen LogP contribution in [0.1, 0.15) is 83.1 Å². The molecule has 0 N–H and O–H groups in total. The van der Waals surface area contributed by atoms with E-state index in [1.165, 1.54) is 81.5 Å². The number of benzene rings is 2. The summed E-state index contributed by atoms with van der Waals surface area (Å²) in [6.07, 6.45) is 16.9. The fourth-order valence-corrected chi connectivity index (χ4v) is 8.67. The molecule has 2 aromatic carbocycles. The summed E-state index contributed by atoms with van der Waals surface area (Å²) < 4.78 is 42.9. The number of unbranched alkanes of at least 4 members (excludes halogenated alkanes) is 1. The van der Waals surface area contributed by atoms with Crippen LogP contribution in [0, 0.1) is 23.6 Å². The van der Waals surface area contributed by atoms with Crippen LogP contribution in [0.25, 0.3) is 11.1 Å². The molecule has 0 heterocycles. The van der Waals surface area contributed by atoms with Gasteiger partial charge in [0, 0.05) is 9.52 Å². The van der Waals surface area contributed by atoms with Crippen molar-refractivity contribution in [2.24, 2.45) is 17.8 Å². The molecule has 4 rings (SSSR count). The van der Waals surface area contributed by atoms with E-state index in [1.807, 2.05) is 12.1 Å². The van der Waals surface area contributed by atoms with Crippen molar-refractivity contribution in [1.82, 2.24) is 0 Å². The first-order valence-electron chi connectivity index (χ1n) is 14.4.